The maximum absolute atomic E-state index is 12.1. The molecule has 2 heterocycles. The van der Waals surface area contributed by atoms with Crippen molar-refractivity contribution in [2.45, 2.75) is 52.0 Å². The molecule has 1 aliphatic heterocycles. The molecule has 1 aromatic rings. The fourth-order valence-corrected chi connectivity index (χ4v) is 2.75. The van der Waals surface area contributed by atoms with Gasteiger partial charge in [-0.2, -0.15) is 0 Å². The van der Waals surface area contributed by atoms with Crippen molar-refractivity contribution in [3.05, 3.63) is 30.4 Å². The molecule has 132 valence electrons. The van der Waals surface area contributed by atoms with Gasteiger partial charge >= 0.3 is 6.03 Å². The molecule has 0 radical (unpaired) electrons. The monoisotopic (exact) mass is 331 g/mol. The van der Waals surface area contributed by atoms with Crippen LogP contribution in [0.2, 0.25) is 0 Å². The standard InChI is InChI=1S/C18H29N5O/c1-13(2)12-23-8-6-14(7-9-23)21-17(24)22-15-10-19-16(20-11-15)18(3,4)5/h10-11,14H,1,6-9,12H2,2-5H3,(H2,21,22,24). The van der Waals surface area contributed by atoms with E-state index in [1.807, 2.05) is 6.92 Å². The van der Waals surface area contributed by atoms with E-state index in [0.29, 0.717) is 5.69 Å². The Hall–Kier alpha value is -1.95. The van der Waals surface area contributed by atoms with Crippen LogP contribution in [0.5, 0.6) is 0 Å². The molecule has 2 rings (SSSR count). The summed E-state index contributed by atoms with van der Waals surface area (Å²) < 4.78 is 0. The average Bonchev–Trinajstić information content (AvgIpc) is 2.48. The molecule has 0 aliphatic carbocycles. The van der Waals surface area contributed by atoms with Crippen LogP contribution in [-0.2, 0) is 5.41 Å². The highest BCUT2D eigenvalue weighted by Gasteiger charge is 2.21. The van der Waals surface area contributed by atoms with E-state index in [1.54, 1.807) is 12.4 Å². The van der Waals surface area contributed by atoms with E-state index in [1.165, 1.54) is 5.57 Å². The molecule has 0 bridgehead atoms. The molecule has 6 heteroatoms. The van der Waals surface area contributed by atoms with Crippen LogP contribution in [0, 0.1) is 0 Å². The largest absolute Gasteiger partial charge is 0.335 e. The molecule has 0 spiro atoms. The second-order valence-corrected chi connectivity index (χ2v) is 7.65. The van der Waals surface area contributed by atoms with Gasteiger partial charge in [-0.3, -0.25) is 4.90 Å². The van der Waals surface area contributed by atoms with E-state index in [2.05, 4.69) is 52.9 Å². The first-order valence-electron chi connectivity index (χ1n) is 8.51. The van der Waals surface area contributed by atoms with Gasteiger partial charge in [-0.1, -0.05) is 32.9 Å². The average molecular weight is 331 g/mol. The molecule has 2 amide bonds. The molecule has 0 saturated carbocycles. The quantitative estimate of drug-likeness (QED) is 0.832. The maximum Gasteiger partial charge on any atom is 0.319 e. The Morgan fingerprint density at radius 1 is 1.29 bits per heavy atom. The first-order chi connectivity index (χ1) is 11.2. The lowest BCUT2D eigenvalue weighted by Crippen LogP contribution is -2.46. The highest BCUT2D eigenvalue weighted by Crippen LogP contribution is 2.18. The van der Waals surface area contributed by atoms with Crippen LogP contribution in [0.1, 0.15) is 46.4 Å². The van der Waals surface area contributed by atoms with Crippen LogP contribution < -0.4 is 10.6 Å². The topological polar surface area (TPSA) is 70.2 Å². The van der Waals surface area contributed by atoms with Gasteiger partial charge in [-0.25, -0.2) is 14.8 Å². The fraction of sp³-hybridized carbons (Fsp3) is 0.611. The van der Waals surface area contributed by atoms with Crippen LogP contribution in [0.25, 0.3) is 0 Å². The van der Waals surface area contributed by atoms with Crippen molar-refractivity contribution >= 4 is 11.7 Å². The zero-order chi connectivity index (χ0) is 17.7. The van der Waals surface area contributed by atoms with E-state index in [9.17, 15) is 4.79 Å². The Labute approximate surface area is 144 Å². The lowest BCUT2D eigenvalue weighted by Gasteiger charge is -2.32. The Balaban J connectivity index is 1.79. The van der Waals surface area contributed by atoms with Crippen molar-refractivity contribution in [3.8, 4) is 0 Å². The van der Waals surface area contributed by atoms with E-state index in [-0.39, 0.29) is 17.5 Å². The van der Waals surface area contributed by atoms with Gasteiger partial charge in [-0.05, 0) is 19.8 Å². The molecule has 6 nitrogen and oxygen atoms in total. The molecule has 1 fully saturated rings. The van der Waals surface area contributed by atoms with Gasteiger partial charge in [0, 0.05) is 31.1 Å². The van der Waals surface area contributed by atoms with Crippen LogP contribution in [0.4, 0.5) is 10.5 Å². The van der Waals surface area contributed by atoms with Gasteiger partial charge in [0.25, 0.3) is 0 Å². The number of hydrogen-bond donors (Lipinski definition) is 2. The van der Waals surface area contributed by atoms with Crippen molar-refractivity contribution in [3.63, 3.8) is 0 Å². The third-order valence-electron chi connectivity index (χ3n) is 4.00. The molecule has 1 aliphatic rings. The molecule has 1 aromatic heterocycles. The molecule has 2 N–H and O–H groups in total. The normalized spacial score (nSPS) is 16.7. The molecule has 0 aromatic carbocycles. The zero-order valence-electron chi connectivity index (χ0n) is 15.2. The Bertz CT molecular complexity index is 568. The lowest BCUT2D eigenvalue weighted by atomic mass is 9.96. The summed E-state index contributed by atoms with van der Waals surface area (Å²) in [4.78, 5) is 23.1. The van der Waals surface area contributed by atoms with E-state index < -0.39 is 0 Å². The van der Waals surface area contributed by atoms with Gasteiger partial charge in [0.05, 0.1) is 18.1 Å². The van der Waals surface area contributed by atoms with E-state index >= 15 is 0 Å². The molecular formula is C18H29N5O. The van der Waals surface area contributed by atoms with E-state index in [0.717, 1.165) is 38.3 Å². The van der Waals surface area contributed by atoms with Crippen molar-refractivity contribution in [1.82, 2.24) is 20.2 Å². The van der Waals surface area contributed by atoms with Crippen LogP contribution in [-0.4, -0.2) is 46.6 Å². The zero-order valence-corrected chi connectivity index (χ0v) is 15.2. The third-order valence-corrected chi connectivity index (χ3v) is 4.00. The lowest BCUT2D eigenvalue weighted by molar-refractivity contribution is 0.207. The first kappa shape index (κ1) is 18.4. The Morgan fingerprint density at radius 2 is 1.88 bits per heavy atom. The fourth-order valence-electron chi connectivity index (χ4n) is 2.75. The first-order valence-corrected chi connectivity index (χ1v) is 8.51. The van der Waals surface area contributed by atoms with Crippen molar-refractivity contribution in [2.75, 3.05) is 25.0 Å². The third kappa shape index (κ3) is 5.60. The SMILES string of the molecule is C=C(C)CN1CCC(NC(=O)Nc2cnc(C(C)(C)C)nc2)CC1. The van der Waals surface area contributed by atoms with Gasteiger partial charge in [0.15, 0.2) is 0 Å². The highest BCUT2D eigenvalue weighted by molar-refractivity contribution is 5.89. The predicted octanol–water partition coefficient (Wildman–Crippen LogP) is 2.94. The van der Waals surface area contributed by atoms with Crippen molar-refractivity contribution in [2.24, 2.45) is 0 Å². The Morgan fingerprint density at radius 3 is 2.38 bits per heavy atom. The Kier molecular flexibility index (Phi) is 5.94. The number of likely N-dealkylation sites (tertiary alicyclic amines) is 1. The van der Waals surface area contributed by atoms with E-state index in [4.69, 9.17) is 0 Å². The summed E-state index contributed by atoms with van der Waals surface area (Å²) in [6.07, 6.45) is 5.23. The molecule has 24 heavy (non-hydrogen) atoms. The minimum atomic E-state index is -0.194. The summed E-state index contributed by atoms with van der Waals surface area (Å²) in [6, 6.07) is 0.0154. The number of rotatable bonds is 4. The number of carbonyl (C=O) groups is 1. The second kappa shape index (κ2) is 7.75. The van der Waals surface area contributed by atoms with Gasteiger partial charge < -0.3 is 10.6 Å². The number of hydrogen-bond acceptors (Lipinski definition) is 4. The smallest absolute Gasteiger partial charge is 0.319 e. The minimum absolute atomic E-state index is 0.0987. The maximum atomic E-state index is 12.1. The predicted molar refractivity (Wildman–Crippen MR) is 97.2 cm³/mol. The molecule has 0 unspecified atom stereocenters. The highest BCUT2D eigenvalue weighted by atomic mass is 16.2. The van der Waals surface area contributed by atoms with Crippen LogP contribution in [0.3, 0.4) is 0 Å². The van der Waals surface area contributed by atoms with Crippen LogP contribution >= 0.6 is 0 Å². The number of piperidine rings is 1. The number of anilines is 1. The van der Waals surface area contributed by atoms with Crippen molar-refractivity contribution in [1.29, 1.82) is 0 Å². The summed E-state index contributed by atoms with van der Waals surface area (Å²) in [7, 11) is 0. The summed E-state index contributed by atoms with van der Waals surface area (Å²) in [5.74, 6) is 0.762. The molecule has 1 saturated heterocycles. The molecule has 0 atom stereocenters. The number of carbonyl (C=O) groups excluding carboxylic acids is 1. The number of nitrogens with zero attached hydrogens (tertiary/aromatic N) is 3. The van der Waals surface area contributed by atoms with Crippen LogP contribution in [0.15, 0.2) is 24.5 Å². The summed E-state index contributed by atoms with van der Waals surface area (Å²) in [5, 5.41) is 5.84. The summed E-state index contributed by atoms with van der Waals surface area (Å²) >= 11 is 0. The van der Waals surface area contributed by atoms with Crippen molar-refractivity contribution < 1.29 is 4.79 Å². The van der Waals surface area contributed by atoms with Gasteiger partial charge in [0.2, 0.25) is 0 Å². The number of amides is 2. The number of nitrogens with one attached hydrogen (secondary N) is 2. The summed E-state index contributed by atoms with van der Waals surface area (Å²) in [5.41, 5.74) is 1.69. The molecular weight excluding hydrogens is 302 g/mol. The number of aromatic nitrogens is 2. The minimum Gasteiger partial charge on any atom is -0.335 e. The number of urea groups is 1. The second-order valence-electron chi connectivity index (χ2n) is 7.65. The van der Waals surface area contributed by atoms with Gasteiger partial charge in [0.1, 0.15) is 5.82 Å². The summed E-state index contributed by atoms with van der Waals surface area (Å²) in [6.45, 7) is 15.1. The van der Waals surface area contributed by atoms with Gasteiger partial charge in [-0.15, -0.1) is 0 Å².